The summed E-state index contributed by atoms with van der Waals surface area (Å²) in [4.78, 5) is 15.6. The average Bonchev–Trinajstić information content (AvgIpc) is 2.55. The Labute approximate surface area is 134 Å². The molecule has 7 nitrogen and oxygen atoms in total. The largest absolute Gasteiger partial charge is 0.495 e. The molecule has 0 spiro atoms. The Morgan fingerprint density at radius 1 is 1.30 bits per heavy atom. The maximum atomic E-state index is 12.6. The van der Waals surface area contributed by atoms with Gasteiger partial charge in [-0.15, -0.1) is 0 Å². The second-order valence-electron chi connectivity index (χ2n) is 4.57. The molecule has 1 heterocycles. The van der Waals surface area contributed by atoms with Crippen molar-refractivity contribution < 1.29 is 17.9 Å². The lowest BCUT2D eigenvalue weighted by Crippen LogP contribution is -2.23. The molecule has 2 rings (SSSR count). The normalized spacial score (nSPS) is 10.9. The number of sulfonamides is 1. The number of benzene rings is 1. The van der Waals surface area contributed by atoms with Crippen LogP contribution >= 0.6 is 0 Å². The highest BCUT2D eigenvalue weighted by Crippen LogP contribution is 2.26. The molecule has 1 aromatic heterocycles. The van der Waals surface area contributed by atoms with E-state index < -0.39 is 10.0 Å². The third-order valence-corrected chi connectivity index (χ3v) is 4.37. The number of nitrogens with one attached hydrogen (secondary N) is 2. The summed E-state index contributed by atoms with van der Waals surface area (Å²) in [6.07, 6.45) is 2.92. The Bertz CT molecular complexity index is 792. The van der Waals surface area contributed by atoms with E-state index in [1.165, 1.54) is 37.7 Å². The van der Waals surface area contributed by atoms with Crippen LogP contribution in [0.1, 0.15) is 17.3 Å². The number of carbonyl (C=O) groups is 1. The highest BCUT2D eigenvalue weighted by Gasteiger charge is 2.21. The zero-order chi connectivity index (χ0) is 16.9. The standard InChI is InChI=1S/C15H17N3O4S/c1-3-17-15(19)11-6-7-13(22-2)14(9-11)23(20,21)18-12-5-4-8-16-10-12/h4-10,18H,3H2,1-2H3,(H,17,19). The first-order chi connectivity index (χ1) is 11.0. The minimum Gasteiger partial charge on any atom is -0.495 e. The second-order valence-corrected chi connectivity index (χ2v) is 6.22. The van der Waals surface area contributed by atoms with Gasteiger partial charge in [-0.25, -0.2) is 8.42 Å². The van der Waals surface area contributed by atoms with Gasteiger partial charge in [-0.1, -0.05) is 0 Å². The fourth-order valence-corrected chi connectivity index (χ4v) is 3.16. The summed E-state index contributed by atoms with van der Waals surface area (Å²) in [7, 11) is -2.56. The first-order valence-electron chi connectivity index (χ1n) is 6.87. The number of hydrogen-bond acceptors (Lipinski definition) is 5. The summed E-state index contributed by atoms with van der Waals surface area (Å²) in [5.74, 6) is -0.206. The van der Waals surface area contributed by atoms with Crippen molar-refractivity contribution in [1.29, 1.82) is 0 Å². The van der Waals surface area contributed by atoms with Crippen LogP contribution < -0.4 is 14.8 Å². The van der Waals surface area contributed by atoms with Crippen LogP contribution in [0, 0.1) is 0 Å². The summed E-state index contributed by atoms with van der Waals surface area (Å²) in [6, 6.07) is 7.42. The molecule has 2 aromatic rings. The molecule has 8 heteroatoms. The average molecular weight is 335 g/mol. The maximum absolute atomic E-state index is 12.6. The van der Waals surface area contributed by atoms with E-state index in [1.54, 1.807) is 19.1 Å². The number of anilines is 1. The van der Waals surface area contributed by atoms with Crippen LogP contribution in [0.3, 0.4) is 0 Å². The molecule has 0 bridgehead atoms. The number of hydrogen-bond donors (Lipinski definition) is 2. The van der Waals surface area contributed by atoms with Crippen molar-refractivity contribution in [3.05, 3.63) is 48.3 Å². The topological polar surface area (TPSA) is 97.4 Å². The van der Waals surface area contributed by atoms with Gasteiger partial charge in [0, 0.05) is 18.3 Å². The third kappa shape index (κ3) is 3.98. The Morgan fingerprint density at radius 2 is 2.09 bits per heavy atom. The summed E-state index contributed by atoms with van der Waals surface area (Å²) in [5, 5.41) is 2.62. The molecule has 1 amide bonds. The lowest BCUT2D eigenvalue weighted by Gasteiger charge is -2.13. The molecule has 0 aliphatic rings. The van der Waals surface area contributed by atoms with Crippen molar-refractivity contribution in [3.8, 4) is 5.75 Å². The van der Waals surface area contributed by atoms with Crippen LogP contribution in [0.15, 0.2) is 47.6 Å². The molecule has 0 saturated heterocycles. The molecule has 0 unspecified atom stereocenters. The Kier molecular flexibility index (Phi) is 5.17. The quantitative estimate of drug-likeness (QED) is 0.836. The smallest absolute Gasteiger partial charge is 0.265 e. The van der Waals surface area contributed by atoms with Crippen molar-refractivity contribution in [2.24, 2.45) is 0 Å². The number of aromatic nitrogens is 1. The van der Waals surface area contributed by atoms with E-state index in [2.05, 4.69) is 15.0 Å². The molecular formula is C15H17N3O4S. The minimum atomic E-state index is -3.92. The van der Waals surface area contributed by atoms with Crippen molar-refractivity contribution in [2.75, 3.05) is 18.4 Å². The van der Waals surface area contributed by atoms with E-state index in [0.29, 0.717) is 12.2 Å². The summed E-state index contributed by atoms with van der Waals surface area (Å²) < 4.78 is 32.6. The van der Waals surface area contributed by atoms with Gasteiger partial charge in [-0.05, 0) is 37.3 Å². The molecule has 0 saturated carbocycles. The second kappa shape index (κ2) is 7.10. The van der Waals surface area contributed by atoms with Crippen LogP contribution in [-0.2, 0) is 10.0 Å². The van der Waals surface area contributed by atoms with Gasteiger partial charge in [0.1, 0.15) is 10.6 Å². The Morgan fingerprint density at radius 3 is 2.70 bits per heavy atom. The summed E-state index contributed by atoms with van der Waals surface area (Å²) in [5.41, 5.74) is 0.553. The molecule has 0 aliphatic carbocycles. The van der Waals surface area contributed by atoms with E-state index in [9.17, 15) is 13.2 Å². The number of nitrogens with zero attached hydrogens (tertiary/aromatic N) is 1. The number of pyridine rings is 1. The van der Waals surface area contributed by atoms with Crippen LogP contribution in [-0.4, -0.2) is 33.0 Å². The number of methoxy groups -OCH3 is 1. The van der Waals surface area contributed by atoms with Crippen LogP contribution in [0.25, 0.3) is 0 Å². The first kappa shape index (κ1) is 16.8. The maximum Gasteiger partial charge on any atom is 0.265 e. The Balaban J connectivity index is 2.43. The van der Waals surface area contributed by atoms with Crippen LogP contribution in [0.4, 0.5) is 5.69 Å². The van der Waals surface area contributed by atoms with E-state index in [4.69, 9.17) is 4.74 Å². The predicted molar refractivity (Wildman–Crippen MR) is 86.0 cm³/mol. The van der Waals surface area contributed by atoms with Crippen molar-refractivity contribution >= 4 is 21.6 Å². The predicted octanol–water partition coefficient (Wildman–Crippen LogP) is 1.64. The zero-order valence-corrected chi connectivity index (χ0v) is 13.6. The highest BCUT2D eigenvalue weighted by atomic mass is 32.2. The molecule has 0 aliphatic heterocycles. The summed E-state index contributed by atoms with van der Waals surface area (Å²) >= 11 is 0. The van der Waals surface area contributed by atoms with Crippen LogP contribution in [0.5, 0.6) is 5.75 Å². The fraction of sp³-hybridized carbons (Fsp3) is 0.200. The monoisotopic (exact) mass is 335 g/mol. The minimum absolute atomic E-state index is 0.118. The zero-order valence-electron chi connectivity index (χ0n) is 12.7. The van der Waals surface area contributed by atoms with Gasteiger partial charge in [-0.2, -0.15) is 0 Å². The van der Waals surface area contributed by atoms with E-state index in [-0.39, 0.29) is 22.1 Å². The Hall–Kier alpha value is -2.61. The van der Waals surface area contributed by atoms with E-state index >= 15 is 0 Å². The molecule has 1 aromatic carbocycles. The molecule has 122 valence electrons. The molecule has 0 atom stereocenters. The molecule has 2 N–H and O–H groups in total. The highest BCUT2D eigenvalue weighted by molar-refractivity contribution is 7.92. The van der Waals surface area contributed by atoms with Gasteiger partial charge < -0.3 is 10.1 Å². The van der Waals surface area contributed by atoms with Crippen LogP contribution in [0.2, 0.25) is 0 Å². The fourth-order valence-electron chi connectivity index (χ4n) is 1.92. The van der Waals surface area contributed by atoms with E-state index in [0.717, 1.165) is 0 Å². The first-order valence-corrected chi connectivity index (χ1v) is 8.35. The number of ether oxygens (including phenoxy) is 1. The van der Waals surface area contributed by atoms with Crippen molar-refractivity contribution in [1.82, 2.24) is 10.3 Å². The lowest BCUT2D eigenvalue weighted by atomic mass is 10.2. The van der Waals surface area contributed by atoms with Crippen molar-refractivity contribution in [2.45, 2.75) is 11.8 Å². The number of rotatable bonds is 6. The molecular weight excluding hydrogens is 318 g/mol. The van der Waals surface area contributed by atoms with Gasteiger partial charge in [-0.3, -0.25) is 14.5 Å². The van der Waals surface area contributed by atoms with Gasteiger partial charge in [0.15, 0.2) is 0 Å². The van der Waals surface area contributed by atoms with Gasteiger partial charge >= 0.3 is 0 Å². The molecule has 0 fully saturated rings. The number of amides is 1. The summed E-state index contributed by atoms with van der Waals surface area (Å²) in [6.45, 7) is 2.23. The SMILES string of the molecule is CCNC(=O)c1ccc(OC)c(S(=O)(=O)Nc2cccnc2)c1. The van der Waals surface area contributed by atoms with E-state index in [1.807, 2.05) is 0 Å². The van der Waals surface area contributed by atoms with Gasteiger partial charge in [0.05, 0.1) is 19.0 Å². The lowest BCUT2D eigenvalue weighted by molar-refractivity contribution is 0.0955. The molecule has 23 heavy (non-hydrogen) atoms. The van der Waals surface area contributed by atoms with Gasteiger partial charge in [0.2, 0.25) is 0 Å². The number of carbonyl (C=O) groups excluding carboxylic acids is 1. The molecule has 0 radical (unpaired) electrons. The van der Waals surface area contributed by atoms with Gasteiger partial charge in [0.25, 0.3) is 15.9 Å². The third-order valence-electron chi connectivity index (χ3n) is 2.97. The van der Waals surface area contributed by atoms with Crippen molar-refractivity contribution in [3.63, 3.8) is 0 Å².